The van der Waals surface area contributed by atoms with Crippen LogP contribution in [0, 0.1) is 0 Å². The first kappa shape index (κ1) is 12.8. The highest BCUT2D eigenvalue weighted by molar-refractivity contribution is 5.86. The van der Waals surface area contributed by atoms with Crippen LogP contribution in [0.1, 0.15) is 6.92 Å². The van der Waals surface area contributed by atoms with Gasteiger partial charge in [-0.05, 0) is 25.1 Å². The SMILES string of the molecule is C=C(C)C(=O)ON=c1ccn(-c2ccccc2)nc1. The summed E-state index contributed by atoms with van der Waals surface area (Å²) in [4.78, 5) is 15.8. The highest BCUT2D eigenvalue weighted by Crippen LogP contribution is 2.02. The van der Waals surface area contributed by atoms with Gasteiger partial charge in [-0.1, -0.05) is 29.9 Å². The maximum absolute atomic E-state index is 11.2. The smallest absolute Gasteiger partial charge is 0.313 e. The predicted molar refractivity (Wildman–Crippen MR) is 70.0 cm³/mol. The molecule has 96 valence electrons. The van der Waals surface area contributed by atoms with Crippen molar-refractivity contribution in [2.45, 2.75) is 6.92 Å². The van der Waals surface area contributed by atoms with Crippen molar-refractivity contribution in [3.8, 4) is 5.69 Å². The number of carbonyl (C=O) groups is 1. The van der Waals surface area contributed by atoms with Crippen LogP contribution in [0.4, 0.5) is 0 Å². The van der Waals surface area contributed by atoms with E-state index in [-0.39, 0.29) is 0 Å². The van der Waals surface area contributed by atoms with Crippen molar-refractivity contribution < 1.29 is 9.63 Å². The third kappa shape index (κ3) is 3.38. The molecule has 1 aromatic heterocycles. The van der Waals surface area contributed by atoms with E-state index in [0.29, 0.717) is 10.9 Å². The second-order valence-electron chi connectivity index (χ2n) is 3.92. The van der Waals surface area contributed by atoms with Crippen molar-refractivity contribution in [2.75, 3.05) is 0 Å². The lowest BCUT2D eigenvalue weighted by atomic mass is 10.3. The molecule has 0 radical (unpaired) electrons. The van der Waals surface area contributed by atoms with Gasteiger partial charge in [0.25, 0.3) is 0 Å². The molecule has 0 saturated carbocycles. The van der Waals surface area contributed by atoms with Gasteiger partial charge >= 0.3 is 5.97 Å². The molecule has 1 aromatic carbocycles. The summed E-state index contributed by atoms with van der Waals surface area (Å²) in [6.07, 6.45) is 3.25. The number of hydrogen-bond acceptors (Lipinski definition) is 4. The zero-order chi connectivity index (χ0) is 13.7. The first-order valence-corrected chi connectivity index (χ1v) is 5.68. The lowest BCUT2D eigenvalue weighted by Gasteiger charge is -2.03. The van der Waals surface area contributed by atoms with Crippen molar-refractivity contribution in [2.24, 2.45) is 5.16 Å². The molecule has 0 atom stereocenters. The Balaban J connectivity index is 2.17. The molecular weight excluding hydrogens is 242 g/mol. The summed E-state index contributed by atoms with van der Waals surface area (Å²) in [7, 11) is 0. The van der Waals surface area contributed by atoms with Gasteiger partial charge in [0.15, 0.2) is 0 Å². The molecule has 0 saturated heterocycles. The van der Waals surface area contributed by atoms with Gasteiger partial charge < -0.3 is 4.84 Å². The second-order valence-corrected chi connectivity index (χ2v) is 3.92. The van der Waals surface area contributed by atoms with E-state index < -0.39 is 5.97 Å². The monoisotopic (exact) mass is 255 g/mol. The maximum atomic E-state index is 11.2. The van der Waals surface area contributed by atoms with Crippen molar-refractivity contribution >= 4 is 5.97 Å². The van der Waals surface area contributed by atoms with Gasteiger partial charge in [0.2, 0.25) is 0 Å². The van der Waals surface area contributed by atoms with E-state index in [2.05, 4.69) is 21.7 Å². The quantitative estimate of drug-likeness (QED) is 0.477. The fraction of sp³-hybridized carbons (Fsp3) is 0.0714. The highest BCUT2D eigenvalue weighted by Gasteiger charge is 2.01. The fourth-order valence-electron chi connectivity index (χ4n) is 1.31. The van der Waals surface area contributed by atoms with E-state index >= 15 is 0 Å². The molecule has 0 bridgehead atoms. The number of hydrogen-bond donors (Lipinski definition) is 0. The van der Waals surface area contributed by atoms with Gasteiger partial charge in [0.1, 0.15) is 5.36 Å². The topological polar surface area (TPSA) is 56.5 Å². The molecule has 0 aliphatic carbocycles. The van der Waals surface area contributed by atoms with Gasteiger partial charge in [-0.2, -0.15) is 5.10 Å². The Bertz CT molecular complexity index is 639. The summed E-state index contributed by atoms with van der Waals surface area (Å²) < 4.78 is 1.69. The average Bonchev–Trinajstić information content (AvgIpc) is 2.46. The molecule has 2 rings (SSSR count). The van der Waals surface area contributed by atoms with Gasteiger partial charge in [0.05, 0.1) is 11.9 Å². The van der Waals surface area contributed by atoms with E-state index in [1.807, 2.05) is 30.3 Å². The molecule has 0 aliphatic rings. The van der Waals surface area contributed by atoms with Crippen molar-refractivity contribution in [3.63, 3.8) is 0 Å². The number of aromatic nitrogens is 2. The molecule has 0 aliphatic heterocycles. The minimum Gasteiger partial charge on any atom is -0.313 e. The first-order chi connectivity index (χ1) is 9.16. The Morgan fingerprint density at radius 1 is 1.32 bits per heavy atom. The second kappa shape index (κ2) is 5.77. The van der Waals surface area contributed by atoms with Crippen LogP contribution in [0.25, 0.3) is 5.69 Å². The summed E-state index contributed by atoms with van der Waals surface area (Å²) in [5.74, 6) is -0.556. The van der Waals surface area contributed by atoms with Crippen LogP contribution in [0.2, 0.25) is 0 Å². The molecule has 2 aromatic rings. The molecular formula is C14H13N3O2. The van der Waals surface area contributed by atoms with Gasteiger partial charge in [0, 0.05) is 11.8 Å². The summed E-state index contributed by atoms with van der Waals surface area (Å²) >= 11 is 0. The van der Waals surface area contributed by atoms with E-state index in [0.717, 1.165) is 5.69 Å². The standard InChI is InChI=1S/C14H13N3O2/c1-11(2)14(18)19-16-12-8-9-17(15-10-12)13-6-4-3-5-7-13/h3-10H,1H2,2H3. The van der Waals surface area contributed by atoms with Gasteiger partial charge in [-0.25, -0.2) is 9.48 Å². The van der Waals surface area contributed by atoms with Crippen LogP contribution in [-0.4, -0.2) is 15.7 Å². The minimum absolute atomic E-state index is 0.298. The van der Waals surface area contributed by atoms with Crippen molar-refractivity contribution in [1.82, 2.24) is 9.78 Å². The Morgan fingerprint density at radius 2 is 2.05 bits per heavy atom. The zero-order valence-corrected chi connectivity index (χ0v) is 10.5. The van der Waals surface area contributed by atoms with E-state index in [1.54, 1.807) is 23.9 Å². The first-order valence-electron chi connectivity index (χ1n) is 5.68. The van der Waals surface area contributed by atoms with E-state index in [9.17, 15) is 4.79 Å². The average molecular weight is 255 g/mol. The summed E-state index contributed by atoms with van der Waals surface area (Å²) in [6.45, 7) is 5.03. The molecule has 5 heteroatoms. The number of benzene rings is 1. The van der Waals surface area contributed by atoms with Crippen molar-refractivity contribution in [3.05, 3.63) is 66.3 Å². The summed E-state index contributed by atoms with van der Waals surface area (Å²) in [5, 5.41) is 8.32. The van der Waals surface area contributed by atoms with Gasteiger partial charge in [-0.15, -0.1) is 0 Å². The Kier molecular flexibility index (Phi) is 3.87. The van der Waals surface area contributed by atoms with Crippen molar-refractivity contribution in [1.29, 1.82) is 0 Å². The van der Waals surface area contributed by atoms with Crippen LogP contribution in [-0.2, 0) is 9.63 Å². The minimum atomic E-state index is -0.556. The Hall–Kier alpha value is -2.69. The molecule has 0 spiro atoms. The number of carbonyl (C=O) groups excluding carboxylic acids is 1. The summed E-state index contributed by atoms with van der Waals surface area (Å²) in [6, 6.07) is 11.4. The Morgan fingerprint density at radius 3 is 2.63 bits per heavy atom. The third-order valence-corrected chi connectivity index (χ3v) is 2.30. The van der Waals surface area contributed by atoms with E-state index in [1.165, 1.54) is 6.20 Å². The largest absolute Gasteiger partial charge is 0.360 e. The zero-order valence-electron chi connectivity index (χ0n) is 10.5. The van der Waals surface area contributed by atoms with E-state index in [4.69, 9.17) is 0 Å². The fourth-order valence-corrected chi connectivity index (χ4v) is 1.31. The molecule has 0 amide bonds. The molecule has 1 heterocycles. The molecule has 0 N–H and O–H groups in total. The molecule has 5 nitrogen and oxygen atoms in total. The van der Waals surface area contributed by atoms with Crippen LogP contribution in [0.5, 0.6) is 0 Å². The Labute approximate surface area is 110 Å². The number of para-hydroxylation sites is 1. The van der Waals surface area contributed by atoms with Crippen LogP contribution >= 0.6 is 0 Å². The van der Waals surface area contributed by atoms with Crippen LogP contribution < -0.4 is 5.36 Å². The number of nitrogens with zero attached hydrogens (tertiary/aromatic N) is 3. The van der Waals surface area contributed by atoms with Crippen LogP contribution in [0.3, 0.4) is 0 Å². The predicted octanol–water partition coefficient (Wildman–Crippen LogP) is 1.81. The normalized spacial score (nSPS) is 11.1. The molecule has 0 fully saturated rings. The maximum Gasteiger partial charge on any atom is 0.360 e. The molecule has 0 unspecified atom stereocenters. The number of rotatable bonds is 3. The van der Waals surface area contributed by atoms with Gasteiger partial charge in [-0.3, -0.25) is 0 Å². The lowest BCUT2D eigenvalue weighted by molar-refractivity contribution is -0.139. The highest BCUT2D eigenvalue weighted by atomic mass is 16.7. The summed E-state index contributed by atoms with van der Waals surface area (Å²) in [5.41, 5.74) is 1.24. The molecule has 19 heavy (non-hydrogen) atoms. The van der Waals surface area contributed by atoms with Crippen LogP contribution in [0.15, 0.2) is 66.1 Å². The third-order valence-electron chi connectivity index (χ3n) is 2.30. The lowest BCUT2D eigenvalue weighted by Crippen LogP contribution is -2.11.